The number of hydrazine groups is 1. The van der Waals surface area contributed by atoms with Gasteiger partial charge in [0.1, 0.15) is 0 Å². The van der Waals surface area contributed by atoms with Crippen molar-refractivity contribution in [1.29, 1.82) is 0 Å². The van der Waals surface area contributed by atoms with Crippen LogP contribution in [0.3, 0.4) is 0 Å². The predicted octanol–water partition coefficient (Wildman–Crippen LogP) is 3.51. The number of hydrogen-bond donors (Lipinski definition) is 2. The molecule has 1 aliphatic carbocycles. The maximum absolute atomic E-state index is 5.81. The predicted molar refractivity (Wildman–Crippen MR) is 82.1 cm³/mol. The van der Waals surface area contributed by atoms with Crippen molar-refractivity contribution in [3.8, 4) is 0 Å². The van der Waals surface area contributed by atoms with Gasteiger partial charge in [-0.25, -0.2) is 0 Å². The van der Waals surface area contributed by atoms with Crippen LogP contribution in [0, 0.1) is 5.92 Å². The van der Waals surface area contributed by atoms with E-state index in [-0.39, 0.29) is 0 Å². The molecule has 2 unspecified atom stereocenters. The largest absolute Gasteiger partial charge is 0.271 e. The smallest absolute Gasteiger partial charge is 0.0336 e. The van der Waals surface area contributed by atoms with Gasteiger partial charge in [0.05, 0.1) is 0 Å². The number of rotatable bonds is 5. The molecule has 2 nitrogen and oxygen atoms in total. The second-order valence-corrected chi connectivity index (χ2v) is 7.25. The van der Waals surface area contributed by atoms with Gasteiger partial charge >= 0.3 is 0 Å². The zero-order chi connectivity index (χ0) is 13.1. The van der Waals surface area contributed by atoms with E-state index in [2.05, 4.69) is 29.7 Å². The first-order chi connectivity index (χ1) is 9.36. The van der Waals surface area contributed by atoms with Gasteiger partial charge in [0.25, 0.3) is 0 Å². The van der Waals surface area contributed by atoms with Crippen molar-refractivity contribution < 1.29 is 0 Å². The second-order valence-electron chi connectivity index (χ2n) is 5.97. The molecule has 1 aromatic rings. The van der Waals surface area contributed by atoms with Gasteiger partial charge in [-0.15, -0.1) is 11.8 Å². The first-order valence-corrected chi connectivity index (χ1v) is 8.45. The van der Waals surface area contributed by atoms with E-state index in [0.29, 0.717) is 11.3 Å². The number of nitrogens with two attached hydrogens (primary N) is 1. The summed E-state index contributed by atoms with van der Waals surface area (Å²) in [7, 11) is 0. The van der Waals surface area contributed by atoms with Gasteiger partial charge in [-0.2, -0.15) is 0 Å². The van der Waals surface area contributed by atoms with E-state index >= 15 is 0 Å². The minimum Gasteiger partial charge on any atom is -0.271 e. The highest BCUT2D eigenvalue weighted by atomic mass is 32.2. The Labute approximate surface area is 120 Å². The topological polar surface area (TPSA) is 38.0 Å². The van der Waals surface area contributed by atoms with Gasteiger partial charge in [0, 0.05) is 16.2 Å². The lowest BCUT2D eigenvalue weighted by Crippen LogP contribution is -2.42. The van der Waals surface area contributed by atoms with Crippen molar-refractivity contribution in [2.45, 2.75) is 61.1 Å². The molecular weight excluding hydrogens is 252 g/mol. The fourth-order valence-electron chi connectivity index (χ4n) is 3.52. The molecule has 104 valence electrons. The third-order valence-electron chi connectivity index (χ3n) is 4.70. The number of fused-ring (bicyclic) bond motifs is 1. The van der Waals surface area contributed by atoms with Crippen molar-refractivity contribution in [3.05, 3.63) is 29.8 Å². The van der Waals surface area contributed by atoms with Crippen LogP contribution in [-0.4, -0.2) is 11.3 Å². The molecule has 0 aromatic heterocycles. The molecule has 1 saturated carbocycles. The fraction of sp³-hybridized carbons (Fsp3) is 0.625. The number of benzene rings is 1. The monoisotopic (exact) mass is 276 g/mol. The number of hydrogen-bond acceptors (Lipinski definition) is 3. The molecule has 2 aliphatic rings. The van der Waals surface area contributed by atoms with Gasteiger partial charge < -0.3 is 0 Å². The first kappa shape index (κ1) is 13.5. The van der Waals surface area contributed by atoms with Crippen LogP contribution in [0.25, 0.3) is 0 Å². The van der Waals surface area contributed by atoms with Crippen molar-refractivity contribution in [2.75, 3.05) is 0 Å². The molecule has 1 aromatic carbocycles. The summed E-state index contributed by atoms with van der Waals surface area (Å²) < 4.78 is 0. The Balaban J connectivity index is 1.55. The van der Waals surface area contributed by atoms with Crippen LogP contribution in [0.4, 0.5) is 0 Å². The van der Waals surface area contributed by atoms with E-state index in [1.165, 1.54) is 55.4 Å². The standard InChI is InChI=1S/C16H24N2S/c17-18-14(10-9-12-5-1-2-6-12)16-11-13-7-3-4-8-15(13)19-16/h3-4,7-8,12,14,16,18H,1-2,5-6,9-11,17H2. The lowest BCUT2D eigenvalue weighted by Gasteiger charge is -2.23. The van der Waals surface area contributed by atoms with Crippen LogP contribution in [0.5, 0.6) is 0 Å². The Kier molecular flexibility index (Phi) is 4.46. The molecule has 0 radical (unpaired) electrons. The van der Waals surface area contributed by atoms with E-state index in [0.717, 1.165) is 5.92 Å². The molecule has 0 bridgehead atoms. The molecule has 3 N–H and O–H groups in total. The normalized spacial score (nSPS) is 24.6. The van der Waals surface area contributed by atoms with Crippen molar-refractivity contribution in [2.24, 2.45) is 11.8 Å². The summed E-state index contributed by atoms with van der Waals surface area (Å²) in [6.45, 7) is 0. The Hall–Kier alpha value is -0.510. The molecular formula is C16H24N2S. The van der Waals surface area contributed by atoms with Crippen LogP contribution in [0.2, 0.25) is 0 Å². The van der Waals surface area contributed by atoms with Gasteiger partial charge in [-0.05, 0) is 36.8 Å². The summed E-state index contributed by atoms with van der Waals surface area (Å²) >= 11 is 2.01. The molecule has 19 heavy (non-hydrogen) atoms. The summed E-state index contributed by atoms with van der Waals surface area (Å²) in [4.78, 5) is 1.45. The summed E-state index contributed by atoms with van der Waals surface area (Å²) in [6, 6.07) is 9.23. The Morgan fingerprint density at radius 1 is 1.26 bits per heavy atom. The van der Waals surface area contributed by atoms with Gasteiger partial charge in [-0.3, -0.25) is 11.3 Å². The van der Waals surface area contributed by atoms with E-state index in [1.807, 2.05) is 11.8 Å². The SMILES string of the molecule is NNC(CCC1CCCC1)C1Cc2ccccc2S1. The van der Waals surface area contributed by atoms with Crippen LogP contribution in [0.15, 0.2) is 29.2 Å². The molecule has 0 spiro atoms. The first-order valence-electron chi connectivity index (χ1n) is 7.57. The summed E-state index contributed by atoms with van der Waals surface area (Å²) in [6.07, 6.45) is 9.50. The maximum atomic E-state index is 5.81. The van der Waals surface area contributed by atoms with Crippen molar-refractivity contribution >= 4 is 11.8 Å². The Morgan fingerprint density at radius 3 is 2.79 bits per heavy atom. The Bertz CT molecular complexity index is 390. The average Bonchev–Trinajstić information content (AvgIpc) is 3.08. The summed E-state index contributed by atoms with van der Waals surface area (Å²) in [5, 5.41) is 0.615. The molecule has 1 heterocycles. The van der Waals surface area contributed by atoms with Crippen molar-refractivity contribution in [1.82, 2.24) is 5.43 Å². The van der Waals surface area contributed by atoms with E-state index in [9.17, 15) is 0 Å². The maximum Gasteiger partial charge on any atom is 0.0336 e. The van der Waals surface area contributed by atoms with Crippen molar-refractivity contribution in [3.63, 3.8) is 0 Å². The van der Waals surface area contributed by atoms with E-state index in [4.69, 9.17) is 5.84 Å². The second kappa shape index (κ2) is 6.29. The Morgan fingerprint density at radius 2 is 2.05 bits per heavy atom. The molecule has 1 aliphatic heterocycles. The number of nitrogens with one attached hydrogen (secondary N) is 1. The molecule has 3 rings (SSSR count). The van der Waals surface area contributed by atoms with Gasteiger partial charge in [0.2, 0.25) is 0 Å². The minimum atomic E-state index is 0.456. The molecule has 0 saturated heterocycles. The van der Waals surface area contributed by atoms with E-state index < -0.39 is 0 Å². The minimum absolute atomic E-state index is 0.456. The fourth-order valence-corrected chi connectivity index (χ4v) is 4.95. The van der Waals surface area contributed by atoms with Gasteiger partial charge in [-0.1, -0.05) is 43.9 Å². The average molecular weight is 276 g/mol. The molecule has 0 amide bonds. The van der Waals surface area contributed by atoms with Crippen LogP contribution in [-0.2, 0) is 6.42 Å². The third kappa shape index (κ3) is 3.15. The summed E-state index contributed by atoms with van der Waals surface area (Å²) in [5.74, 6) is 6.77. The highest BCUT2D eigenvalue weighted by molar-refractivity contribution is 8.00. The van der Waals surface area contributed by atoms with Crippen LogP contribution < -0.4 is 11.3 Å². The van der Waals surface area contributed by atoms with Gasteiger partial charge in [0.15, 0.2) is 0 Å². The molecule has 3 heteroatoms. The highest BCUT2D eigenvalue weighted by Gasteiger charge is 2.29. The van der Waals surface area contributed by atoms with E-state index in [1.54, 1.807) is 0 Å². The highest BCUT2D eigenvalue weighted by Crippen LogP contribution is 2.39. The molecule has 2 atom stereocenters. The molecule has 1 fully saturated rings. The lowest BCUT2D eigenvalue weighted by atomic mass is 9.95. The quantitative estimate of drug-likeness (QED) is 0.638. The van der Waals surface area contributed by atoms with Crippen LogP contribution >= 0.6 is 11.8 Å². The zero-order valence-electron chi connectivity index (χ0n) is 11.5. The summed E-state index contributed by atoms with van der Waals surface area (Å²) in [5.41, 5.74) is 4.58. The number of thioether (sulfide) groups is 1. The lowest BCUT2D eigenvalue weighted by molar-refractivity contribution is 0.401. The third-order valence-corrected chi connectivity index (χ3v) is 6.15. The zero-order valence-corrected chi connectivity index (χ0v) is 12.3. The van der Waals surface area contributed by atoms with Crippen LogP contribution in [0.1, 0.15) is 44.1 Å².